The number of aromatic nitrogens is 3. The number of nitrogens with one attached hydrogen (secondary N) is 1. The van der Waals surface area contributed by atoms with Crippen molar-refractivity contribution >= 4 is 17.7 Å². The molecule has 18 heavy (non-hydrogen) atoms. The molecule has 0 saturated heterocycles. The Bertz CT molecular complexity index is 410. The van der Waals surface area contributed by atoms with Crippen LogP contribution in [-0.4, -0.2) is 45.7 Å². The van der Waals surface area contributed by atoms with Crippen molar-refractivity contribution in [3.8, 4) is 0 Å². The molecular weight excluding hydrogens is 252 g/mol. The number of carbonyl (C=O) groups excluding carboxylic acids is 1. The molecule has 1 aromatic heterocycles. The third kappa shape index (κ3) is 3.46. The van der Waals surface area contributed by atoms with Gasteiger partial charge in [-0.2, -0.15) is 5.10 Å². The molecule has 0 amide bonds. The zero-order valence-electron chi connectivity index (χ0n) is 11.4. The summed E-state index contributed by atoms with van der Waals surface area (Å²) in [6.07, 6.45) is 2.17. The molecule has 0 fully saturated rings. The zero-order valence-corrected chi connectivity index (χ0v) is 12.2. The van der Waals surface area contributed by atoms with E-state index < -0.39 is 5.54 Å². The lowest BCUT2D eigenvalue weighted by atomic mass is 9.96. The average molecular weight is 272 g/mol. The van der Waals surface area contributed by atoms with Gasteiger partial charge in [-0.1, -0.05) is 18.7 Å². The van der Waals surface area contributed by atoms with E-state index in [0.29, 0.717) is 6.42 Å². The highest BCUT2D eigenvalue weighted by Crippen LogP contribution is 2.27. The van der Waals surface area contributed by atoms with Crippen molar-refractivity contribution in [1.29, 1.82) is 0 Å². The third-order valence-corrected chi connectivity index (χ3v) is 4.01. The van der Waals surface area contributed by atoms with Crippen LogP contribution < -0.4 is 5.32 Å². The van der Waals surface area contributed by atoms with Crippen LogP contribution in [0.15, 0.2) is 11.5 Å². The molecule has 0 aliphatic heterocycles. The Labute approximate surface area is 111 Å². The molecule has 0 bridgehead atoms. The van der Waals surface area contributed by atoms with Crippen LogP contribution in [-0.2, 0) is 16.6 Å². The second kappa shape index (κ2) is 6.19. The van der Waals surface area contributed by atoms with Gasteiger partial charge < -0.3 is 10.1 Å². The molecule has 0 saturated carbocycles. The fraction of sp³-hybridized carbons (Fsp3) is 0.727. The normalized spacial score (nSPS) is 16.1. The van der Waals surface area contributed by atoms with Crippen molar-refractivity contribution < 1.29 is 9.53 Å². The van der Waals surface area contributed by atoms with Gasteiger partial charge in [0.1, 0.15) is 11.9 Å². The van der Waals surface area contributed by atoms with E-state index in [9.17, 15) is 4.79 Å². The Kier molecular flexibility index (Phi) is 5.15. The molecule has 2 atom stereocenters. The van der Waals surface area contributed by atoms with E-state index in [0.717, 1.165) is 5.16 Å². The minimum Gasteiger partial charge on any atom is -0.468 e. The summed E-state index contributed by atoms with van der Waals surface area (Å²) in [6.45, 7) is 3.89. The average Bonchev–Trinajstić information content (AvgIpc) is 2.73. The van der Waals surface area contributed by atoms with Gasteiger partial charge in [0.05, 0.1) is 7.11 Å². The first-order valence-electron chi connectivity index (χ1n) is 5.71. The predicted octanol–water partition coefficient (Wildman–Crippen LogP) is 0.837. The standard InChI is InChI=1S/C11H20N4O2S/c1-8(18-10-13-7-14-15(10)4)6-11(2,12-3)9(16)17-5/h7-8,12H,6H2,1-5H3. The molecule has 1 N–H and O–H groups in total. The second-order valence-corrected chi connectivity index (χ2v) is 5.78. The zero-order chi connectivity index (χ0) is 13.8. The van der Waals surface area contributed by atoms with Crippen LogP contribution in [0.3, 0.4) is 0 Å². The lowest BCUT2D eigenvalue weighted by Crippen LogP contribution is -2.49. The highest BCUT2D eigenvalue weighted by atomic mass is 32.2. The molecule has 1 aromatic rings. The van der Waals surface area contributed by atoms with Gasteiger partial charge in [0.2, 0.25) is 0 Å². The largest absolute Gasteiger partial charge is 0.468 e. The Morgan fingerprint density at radius 1 is 1.72 bits per heavy atom. The lowest BCUT2D eigenvalue weighted by molar-refractivity contribution is -0.147. The molecule has 102 valence electrons. The monoisotopic (exact) mass is 272 g/mol. The van der Waals surface area contributed by atoms with E-state index in [2.05, 4.69) is 22.3 Å². The first kappa shape index (κ1) is 15.0. The number of hydrogen-bond donors (Lipinski definition) is 1. The summed E-state index contributed by atoms with van der Waals surface area (Å²) >= 11 is 1.59. The first-order chi connectivity index (χ1) is 8.42. The van der Waals surface area contributed by atoms with Gasteiger partial charge >= 0.3 is 5.97 Å². The van der Waals surface area contributed by atoms with E-state index in [1.165, 1.54) is 13.4 Å². The van der Waals surface area contributed by atoms with Crippen LogP contribution in [0.4, 0.5) is 0 Å². The van der Waals surface area contributed by atoms with Crippen molar-refractivity contribution in [3.63, 3.8) is 0 Å². The van der Waals surface area contributed by atoms with E-state index in [4.69, 9.17) is 4.74 Å². The van der Waals surface area contributed by atoms with E-state index in [-0.39, 0.29) is 11.2 Å². The van der Waals surface area contributed by atoms with Gasteiger partial charge in [-0.05, 0) is 20.4 Å². The molecule has 0 aliphatic rings. The summed E-state index contributed by atoms with van der Waals surface area (Å²) in [5.41, 5.74) is -0.681. The molecule has 0 aliphatic carbocycles. The maximum atomic E-state index is 11.7. The fourth-order valence-corrected chi connectivity index (χ4v) is 2.79. The predicted molar refractivity (Wildman–Crippen MR) is 70.4 cm³/mol. The number of rotatable bonds is 6. The third-order valence-electron chi connectivity index (χ3n) is 2.86. The number of methoxy groups -OCH3 is 1. The summed E-state index contributed by atoms with van der Waals surface area (Å²) in [4.78, 5) is 15.9. The van der Waals surface area contributed by atoms with E-state index in [1.807, 2.05) is 14.0 Å². The van der Waals surface area contributed by atoms with Crippen LogP contribution in [0.25, 0.3) is 0 Å². The summed E-state index contributed by atoms with van der Waals surface area (Å²) < 4.78 is 6.54. The molecule has 0 radical (unpaired) electrons. The van der Waals surface area contributed by atoms with Gasteiger partial charge in [0.25, 0.3) is 0 Å². The van der Waals surface area contributed by atoms with Crippen LogP contribution >= 0.6 is 11.8 Å². The molecule has 1 heterocycles. The van der Waals surface area contributed by atoms with Crippen molar-refractivity contribution in [2.75, 3.05) is 14.2 Å². The number of nitrogens with zero attached hydrogens (tertiary/aromatic N) is 3. The summed E-state index contributed by atoms with van der Waals surface area (Å²) in [7, 11) is 5.01. The Hall–Kier alpha value is -1.08. The topological polar surface area (TPSA) is 69.0 Å². The number of hydrogen-bond acceptors (Lipinski definition) is 6. The second-order valence-electron chi connectivity index (χ2n) is 4.37. The molecule has 0 spiro atoms. The molecule has 6 nitrogen and oxygen atoms in total. The number of aryl methyl sites for hydroxylation is 1. The van der Waals surface area contributed by atoms with Crippen molar-refractivity contribution in [3.05, 3.63) is 6.33 Å². The number of carbonyl (C=O) groups is 1. The Balaban J connectivity index is 2.65. The maximum absolute atomic E-state index is 11.7. The van der Waals surface area contributed by atoms with Gasteiger partial charge in [0.15, 0.2) is 5.16 Å². The van der Waals surface area contributed by atoms with Crippen LogP contribution in [0.1, 0.15) is 20.3 Å². The van der Waals surface area contributed by atoms with Crippen molar-refractivity contribution in [1.82, 2.24) is 20.1 Å². The van der Waals surface area contributed by atoms with Gasteiger partial charge in [-0.15, -0.1) is 0 Å². The van der Waals surface area contributed by atoms with Crippen LogP contribution in [0.5, 0.6) is 0 Å². The van der Waals surface area contributed by atoms with Crippen molar-refractivity contribution in [2.45, 2.75) is 36.2 Å². The number of esters is 1. The van der Waals surface area contributed by atoms with Gasteiger partial charge in [-0.25, -0.2) is 9.67 Å². The van der Waals surface area contributed by atoms with Gasteiger partial charge in [0, 0.05) is 12.3 Å². The minimum atomic E-state index is -0.681. The fourth-order valence-electron chi connectivity index (χ4n) is 1.70. The Morgan fingerprint density at radius 2 is 2.39 bits per heavy atom. The maximum Gasteiger partial charge on any atom is 0.325 e. The quantitative estimate of drug-likeness (QED) is 0.611. The summed E-state index contributed by atoms with van der Waals surface area (Å²) in [5.74, 6) is -0.254. The van der Waals surface area contributed by atoms with Crippen LogP contribution in [0, 0.1) is 0 Å². The molecule has 0 aromatic carbocycles. The van der Waals surface area contributed by atoms with E-state index >= 15 is 0 Å². The molecule has 2 unspecified atom stereocenters. The van der Waals surface area contributed by atoms with E-state index in [1.54, 1.807) is 23.5 Å². The highest BCUT2D eigenvalue weighted by Gasteiger charge is 2.34. The number of ether oxygens (including phenoxy) is 1. The smallest absolute Gasteiger partial charge is 0.325 e. The number of likely N-dealkylation sites (N-methyl/N-ethyl adjacent to an activating group) is 1. The van der Waals surface area contributed by atoms with Gasteiger partial charge in [-0.3, -0.25) is 4.79 Å². The summed E-state index contributed by atoms with van der Waals surface area (Å²) in [6, 6.07) is 0. The first-order valence-corrected chi connectivity index (χ1v) is 6.59. The molecular formula is C11H20N4O2S. The summed E-state index contributed by atoms with van der Waals surface area (Å²) in [5, 5.41) is 8.09. The molecule has 1 rings (SSSR count). The number of thioether (sulfide) groups is 1. The Morgan fingerprint density at radius 3 is 2.83 bits per heavy atom. The van der Waals surface area contributed by atoms with Crippen LogP contribution in [0.2, 0.25) is 0 Å². The molecule has 7 heteroatoms. The van der Waals surface area contributed by atoms with Crippen molar-refractivity contribution in [2.24, 2.45) is 7.05 Å². The SMILES string of the molecule is CNC(C)(CC(C)Sc1ncnn1C)C(=O)OC. The lowest BCUT2D eigenvalue weighted by Gasteiger charge is -2.28. The minimum absolute atomic E-state index is 0.212. The highest BCUT2D eigenvalue weighted by molar-refractivity contribution is 7.99.